The molecule has 4 aromatic rings. The average Bonchev–Trinajstić information content (AvgIpc) is 3.51. The molecule has 0 saturated heterocycles. The van der Waals surface area contributed by atoms with Crippen molar-refractivity contribution in [2.45, 2.75) is 18.8 Å². The second kappa shape index (κ2) is 9.88. The summed E-state index contributed by atoms with van der Waals surface area (Å²) in [5.41, 5.74) is 1.52. The molecule has 0 saturated carbocycles. The van der Waals surface area contributed by atoms with E-state index in [2.05, 4.69) is 25.8 Å². The summed E-state index contributed by atoms with van der Waals surface area (Å²) >= 11 is 5.92. The molecule has 2 heterocycles. The molecule has 2 aromatic heterocycles. The number of aliphatic hydroxyl groups excluding tert-OH is 1. The van der Waals surface area contributed by atoms with Gasteiger partial charge in [-0.3, -0.25) is 14.6 Å². The fourth-order valence-corrected chi connectivity index (χ4v) is 3.49. The molecule has 0 bridgehead atoms. The van der Waals surface area contributed by atoms with Gasteiger partial charge in [-0.05, 0) is 30.3 Å². The van der Waals surface area contributed by atoms with E-state index in [1.807, 2.05) is 0 Å². The molecule has 2 atom stereocenters. The van der Waals surface area contributed by atoms with E-state index in [4.69, 9.17) is 11.6 Å². The van der Waals surface area contributed by atoms with E-state index in [0.29, 0.717) is 10.7 Å². The zero-order chi connectivity index (χ0) is 23.4. The van der Waals surface area contributed by atoms with Crippen LogP contribution < -0.4 is 5.32 Å². The zero-order valence-corrected chi connectivity index (χ0v) is 17.9. The van der Waals surface area contributed by atoms with E-state index in [1.54, 1.807) is 30.3 Å². The van der Waals surface area contributed by atoms with Crippen LogP contribution in [0.1, 0.15) is 10.4 Å². The first-order chi connectivity index (χ1) is 16.0. The molecule has 0 aliphatic rings. The molecule has 11 heteroatoms. The van der Waals surface area contributed by atoms with Gasteiger partial charge in [-0.1, -0.05) is 35.0 Å². The van der Waals surface area contributed by atoms with E-state index in [0.717, 1.165) is 5.56 Å². The summed E-state index contributed by atoms with van der Waals surface area (Å²) in [4.78, 5) is 13.0. The summed E-state index contributed by atoms with van der Waals surface area (Å²) in [5, 5.41) is 26.7. The number of hydrogen-bond donors (Lipinski definition) is 3. The van der Waals surface area contributed by atoms with Gasteiger partial charge in [0.15, 0.2) is 0 Å². The predicted molar refractivity (Wildman–Crippen MR) is 118 cm³/mol. The summed E-state index contributed by atoms with van der Waals surface area (Å²) in [6, 6.07) is 11.5. The highest BCUT2D eigenvalue weighted by Crippen LogP contribution is 2.29. The van der Waals surface area contributed by atoms with Crippen LogP contribution in [0, 0.1) is 5.82 Å². The fraction of sp³-hybridized carbons (Fsp3) is 0.182. The number of aliphatic hydroxyl groups is 1. The number of carbonyl (C=O) groups is 1. The lowest BCUT2D eigenvalue weighted by atomic mass is 10.0. The SMILES string of the molecule is O=C(N[C@H](Cn1ccnn1)[C@H](F)CO)c1cccc(F)c1-c1cc(-c2ccc(Cl)cc2)n[nH]1. The Hall–Kier alpha value is -3.63. The normalized spacial score (nSPS) is 13.0. The van der Waals surface area contributed by atoms with E-state index in [9.17, 15) is 18.7 Å². The summed E-state index contributed by atoms with van der Waals surface area (Å²) in [6.45, 7) is -0.871. The molecule has 0 radical (unpaired) electrons. The third-order valence-corrected chi connectivity index (χ3v) is 5.28. The van der Waals surface area contributed by atoms with Crippen molar-refractivity contribution >= 4 is 17.5 Å². The molecular weight excluding hydrogens is 454 g/mol. The minimum Gasteiger partial charge on any atom is -0.393 e. The Balaban J connectivity index is 1.63. The van der Waals surface area contributed by atoms with Crippen LogP contribution in [0.4, 0.5) is 8.78 Å². The molecule has 0 unspecified atom stereocenters. The van der Waals surface area contributed by atoms with Gasteiger partial charge in [0.05, 0.1) is 42.3 Å². The Labute approximate surface area is 192 Å². The van der Waals surface area contributed by atoms with Gasteiger partial charge < -0.3 is 10.4 Å². The van der Waals surface area contributed by atoms with Crippen LogP contribution in [0.5, 0.6) is 0 Å². The van der Waals surface area contributed by atoms with E-state index in [-0.39, 0.29) is 23.4 Å². The number of H-pyrrole nitrogens is 1. The molecule has 33 heavy (non-hydrogen) atoms. The number of aromatic amines is 1. The molecule has 0 fully saturated rings. The quantitative estimate of drug-likeness (QED) is 0.365. The molecule has 0 aliphatic carbocycles. The van der Waals surface area contributed by atoms with Gasteiger partial charge in [0.25, 0.3) is 5.91 Å². The monoisotopic (exact) mass is 472 g/mol. The minimum atomic E-state index is -1.76. The van der Waals surface area contributed by atoms with Crippen molar-refractivity contribution in [1.29, 1.82) is 0 Å². The van der Waals surface area contributed by atoms with Gasteiger partial charge >= 0.3 is 0 Å². The van der Waals surface area contributed by atoms with Crippen molar-refractivity contribution < 1.29 is 18.7 Å². The number of carbonyl (C=O) groups excluding carboxylic acids is 1. The lowest BCUT2D eigenvalue weighted by Gasteiger charge is -2.21. The number of nitrogens with zero attached hydrogens (tertiary/aromatic N) is 4. The summed E-state index contributed by atoms with van der Waals surface area (Å²) in [5.74, 6) is -1.37. The molecule has 0 aliphatic heterocycles. The first kappa shape index (κ1) is 22.6. The maximum atomic E-state index is 14.8. The molecule has 170 valence electrons. The van der Waals surface area contributed by atoms with Gasteiger partial charge in [-0.2, -0.15) is 5.10 Å². The fourth-order valence-electron chi connectivity index (χ4n) is 3.36. The van der Waals surface area contributed by atoms with Crippen molar-refractivity contribution in [3.8, 4) is 22.5 Å². The maximum Gasteiger partial charge on any atom is 0.252 e. The molecule has 4 rings (SSSR count). The summed E-state index contributed by atoms with van der Waals surface area (Å²) in [6.07, 6.45) is 1.14. The largest absolute Gasteiger partial charge is 0.393 e. The third kappa shape index (κ3) is 5.07. The van der Waals surface area contributed by atoms with Gasteiger partial charge in [-0.15, -0.1) is 5.10 Å². The van der Waals surface area contributed by atoms with Crippen LogP contribution >= 0.6 is 11.6 Å². The molecule has 3 N–H and O–H groups in total. The first-order valence-electron chi connectivity index (χ1n) is 9.96. The van der Waals surface area contributed by atoms with Gasteiger partial charge in [0, 0.05) is 22.3 Å². The van der Waals surface area contributed by atoms with Crippen LogP contribution in [0.2, 0.25) is 5.02 Å². The molecule has 8 nitrogen and oxygen atoms in total. The van der Waals surface area contributed by atoms with Crippen LogP contribution in [0.15, 0.2) is 60.9 Å². The van der Waals surface area contributed by atoms with E-state index < -0.39 is 30.5 Å². The van der Waals surface area contributed by atoms with Crippen molar-refractivity contribution in [3.63, 3.8) is 0 Å². The van der Waals surface area contributed by atoms with Crippen molar-refractivity contribution in [2.75, 3.05) is 6.61 Å². The lowest BCUT2D eigenvalue weighted by Crippen LogP contribution is -2.46. The topological polar surface area (TPSA) is 109 Å². The van der Waals surface area contributed by atoms with Crippen molar-refractivity contribution in [1.82, 2.24) is 30.5 Å². The maximum absolute atomic E-state index is 14.8. The molecule has 1 amide bonds. The third-order valence-electron chi connectivity index (χ3n) is 5.03. The zero-order valence-electron chi connectivity index (χ0n) is 17.1. The Morgan fingerprint density at radius 2 is 2.03 bits per heavy atom. The number of benzene rings is 2. The van der Waals surface area contributed by atoms with Crippen LogP contribution in [0.3, 0.4) is 0 Å². The molecule has 0 spiro atoms. The summed E-state index contributed by atoms with van der Waals surface area (Å²) < 4.78 is 30.5. The highest BCUT2D eigenvalue weighted by Gasteiger charge is 2.26. The van der Waals surface area contributed by atoms with Crippen LogP contribution in [0.25, 0.3) is 22.5 Å². The Kier molecular flexibility index (Phi) is 6.76. The number of hydrogen-bond acceptors (Lipinski definition) is 5. The van der Waals surface area contributed by atoms with Crippen molar-refractivity contribution in [3.05, 3.63) is 77.3 Å². The van der Waals surface area contributed by atoms with E-state index >= 15 is 0 Å². The lowest BCUT2D eigenvalue weighted by molar-refractivity contribution is 0.0849. The van der Waals surface area contributed by atoms with Gasteiger partial charge in [0.2, 0.25) is 0 Å². The highest BCUT2D eigenvalue weighted by atomic mass is 35.5. The number of amides is 1. The Morgan fingerprint density at radius 3 is 2.73 bits per heavy atom. The van der Waals surface area contributed by atoms with E-state index in [1.165, 1.54) is 35.3 Å². The van der Waals surface area contributed by atoms with Crippen molar-refractivity contribution in [2.24, 2.45) is 0 Å². The highest BCUT2D eigenvalue weighted by molar-refractivity contribution is 6.30. The van der Waals surface area contributed by atoms with Gasteiger partial charge in [0.1, 0.15) is 12.0 Å². The Bertz CT molecular complexity index is 1230. The Morgan fingerprint density at radius 1 is 1.24 bits per heavy atom. The van der Waals surface area contributed by atoms with Gasteiger partial charge in [-0.25, -0.2) is 8.78 Å². The smallest absolute Gasteiger partial charge is 0.252 e. The number of aromatic nitrogens is 5. The average molecular weight is 473 g/mol. The number of halogens is 3. The van der Waals surface area contributed by atoms with Crippen LogP contribution in [-0.4, -0.2) is 55.0 Å². The standard InChI is InChI=1S/C22H19ClF2N6O2/c23-14-6-4-13(5-7-14)18-10-19(29-28-18)21-15(2-1-3-16(21)24)22(33)27-20(17(25)12-32)11-31-9-8-26-30-31/h1-10,17,20,32H,11-12H2,(H,27,33)(H,28,29)/t17-,20-/m1/s1. The first-order valence-corrected chi connectivity index (χ1v) is 10.3. The second-order valence-electron chi connectivity index (χ2n) is 7.24. The number of rotatable bonds is 8. The molecule has 2 aromatic carbocycles. The van der Waals surface area contributed by atoms with Crippen LogP contribution in [-0.2, 0) is 6.54 Å². The second-order valence-corrected chi connectivity index (χ2v) is 7.68. The number of alkyl halides is 1. The summed E-state index contributed by atoms with van der Waals surface area (Å²) in [7, 11) is 0. The number of nitrogens with one attached hydrogen (secondary N) is 2. The molecular formula is C22H19ClF2N6O2. The predicted octanol–water partition coefficient (Wildman–Crippen LogP) is 3.26. The minimum absolute atomic E-state index is 0.0124.